The summed E-state index contributed by atoms with van der Waals surface area (Å²) in [6, 6.07) is 8.47. The number of ether oxygens (including phenoxy) is 1. The van der Waals surface area contributed by atoms with Crippen LogP contribution in [0.5, 0.6) is 5.75 Å². The normalized spacial score (nSPS) is 25.8. The monoisotopic (exact) mass is 648 g/mol. The van der Waals surface area contributed by atoms with Crippen molar-refractivity contribution in [2.45, 2.75) is 101 Å². The summed E-state index contributed by atoms with van der Waals surface area (Å²) in [5, 5.41) is 12.4. The van der Waals surface area contributed by atoms with Crippen LogP contribution in [0.1, 0.15) is 95.0 Å². The van der Waals surface area contributed by atoms with Gasteiger partial charge in [0.1, 0.15) is 11.9 Å². The van der Waals surface area contributed by atoms with Gasteiger partial charge in [0.25, 0.3) is 10.1 Å². The van der Waals surface area contributed by atoms with Crippen molar-refractivity contribution >= 4 is 39.2 Å². The molecule has 2 aromatic rings. The van der Waals surface area contributed by atoms with E-state index in [4.69, 9.17) is 4.74 Å². The summed E-state index contributed by atoms with van der Waals surface area (Å²) in [5.41, 5.74) is 9.33. The standard InChI is InChI=1S/C36H45N3O6S/c1-21(46(42,43)44)19-37-20-22-7-8-27-25(15-22)36(6,18-29(40)41)33-24-16-23-17-26-31-30(32(23)45-28(24)9-12-39(27)33)35(4,5)11-14-38(31)13-10-34(26,2)3/h7-8,15-17,21,28,37H,9-14,18-20H2,1-6H3,(H-,40,41,42,43,44)/p+1. The summed E-state index contributed by atoms with van der Waals surface area (Å²) < 4.78 is 41.7. The molecule has 7 rings (SSSR count). The van der Waals surface area contributed by atoms with Crippen LogP contribution in [0.4, 0.5) is 11.4 Å². The molecule has 246 valence electrons. The summed E-state index contributed by atoms with van der Waals surface area (Å²) in [6.07, 6.45) is 5.03. The molecule has 0 saturated carbocycles. The molecule has 0 aromatic heterocycles. The number of benzene rings is 2. The SMILES string of the molecule is CC(CNCc1ccc2c(c1)C(C)(CC(=O)O)C1=[N+]2CCC2Oc3c(cc4c5c3C(C)(C)CCN5CCC4(C)C)C=C12)S(=O)(=O)O. The van der Waals surface area contributed by atoms with Gasteiger partial charge in [-0.05, 0) is 66.9 Å². The third-order valence-electron chi connectivity index (χ3n) is 11.3. The minimum atomic E-state index is -4.13. The van der Waals surface area contributed by atoms with Crippen LogP contribution < -0.4 is 15.0 Å². The fourth-order valence-corrected chi connectivity index (χ4v) is 8.91. The van der Waals surface area contributed by atoms with Gasteiger partial charge in [-0.3, -0.25) is 9.35 Å². The minimum Gasteiger partial charge on any atom is -0.484 e. The van der Waals surface area contributed by atoms with E-state index in [0.29, 0.717) is 6.54 Å². The van der Waals surface area contributed by atoms with E-state index < -0.39 is 26.8 Å². The van der Waals surface area contributed by atoms with Gasteiger partial charge in [-0.25, -0.2) is 0 Å². The highest BCUT2D eigenvalue weighted by Crippen LogP contribution is 2.56. The third-order valence-corrected chi connectivity index (χ3v) is 12.5. The molecule has 5 aliphatic heterocycles. The van der Waals surface area contributed by atoms with E-state index in [-0.39, 0.29) is 29.9 Å². The number of hydrogen-bond donors (Lipinski definition) is 3. The zero-order valence-corrected chi connectivity index (χ0v) is 28.6. The number of aliphatic carboxylic acids is 1. The average molecular weight is 649 g/mol. The Kier molecular flexibility index (Phi) is 7.09. The lowest BCUT2D eigenvalue weighted by Gasteiger charge is -2.49. The molecule has 46 heavy (non-hydrogen) atoms. The average Bonchev–Trinajstić information content (AvgIpc) is 3.21. The molecule has 9 nitrogen and oxygen atoms in total. The number of nitrogens with one attached hydrogen (secondary N) is 1. The number of anilines is 1. The van der Waals surface area contributed by atoms with Crippen molar-refractivity contribution in [3.05, 3.63) is 57.7 Å². The van der Waals surface area contributed by atoms with E-state index in [1.807, 2.05) is 13.0 Å². The van der Waals surface area contributed by atoms with Gasteiger partial charge in [0.2, 0.25) is 5.69 Å². The Hall–Kier alpha value is -3.21. The molecular formula is C36H46N3O6S+. The number of nitrogens with zero attached hydrogens (tertiary/aromatic N) is 2. The van der Waals surface area contributed by atoms with Gasteiger partial charge in [0.05, 0.1) is 22.7 Å². The molecule has 2 aromatic carbocycles. The van der Waals surface area contributed by atoms with Crippen LogP contribution in [-0.2, 0) is 37.7 Å². The van der Waals surface area contributed by atoms with Crippen LogP contribution in [0.25, 0.3) is 6.08 Å². The van der Waals surface area contributed by atoms with Crippen LogP contribution in [-0.4, -0.2) is 71.9 Å². The van der Waals surface area contributed by atoms with E-state index in [2.05, 4.69) is 66.8 Å². The molecule has 0 spiro atoms. The van der Waals surface area contributed by atoms with E-state index in [0.717, 1.165) is 78.3 Å². The molecule has 10 heteroatoms. The molecule has 0 bridgehead atoms. The Morgan fingerprint density at radius 1 is 1.11 bits per heavy atom. The Morgan fingerprint density at radius 3 is 2.52 bits per heavy atom. The van der Waals surface area contributed by atoms with Gasteiger partial charge in [-0.1, -0.05) is 33.8 Å². The maximum Gasteiger partial charge on any atom is 0.304 e. The van der Waals surface area contributed by atoms with Crippen molar-refractivity contribution in [3.8, 4) is 5.75 Å². The second-order valence-electron chi connectivity index (χ2n) is 15.5. The summed E-state index contributed by atoms with van der Waals surface area (Å²) in [6.45, 7) is 16.2. The first-order chi connectivity index (χ1) is 21.5. The van der Waals surface area contributed by atoms with Gasteiger partial charge >= 0.3 is 5.97 Å². The number of fused-ring (bicyclic) bond motifs is 6. The van der Waals surface area contributed by atoms with E-state index in [1.165, 1.54) is 23.7 Å². The fraction of sp³-hybridized carbons (Fsp3) is 0.556. The lowest BCUT2D eigenvalue weighted by atomic mass is 9.67. The van der Waals surface area contributed by atoms with Gasteiger partial charge < -0.3 is 20.1 Å². The molecule has 3 N–H and O–H groups in total. The second-order valence-corrected chi connectivity index (χ2v) is 17.4. The molecule has 5 heterocycles. The minimum absolute atomic E-state index is 0.0243. The van der Waals surface area contributed by atoms with Crippen molar-refractivity contribution in [3.63, 3.8) is 0 Å². The van der Waals surface area contributed by atoms with Crippen molar-refractivity contribution in [2.24, 2.45) is 0 Å². The van der Waals surface area contributed by atoms with Crippen molar-refractivity contribution in [1.82, 2.24) is 5.32 Å². The van der Waals surface area contributed by atoms with E-state index in [9.17, 15) is 22.9 Å². The van der Waals surface area contributed by atoms with Crippen molar-refractivity contribution in [2.75, 3.05) is 31.1 Å². The first-order valence-corrected chi connectivity index (χ1v) is 18.0. The molecule has 0 fully saturated rings. The predicted octanol–water partition coefficient (Wildman–Crippen LogP) is 5.30. The lowest BCUT2D eigenvalue weighted by Crippen LogP contribution is -2.47. The van der Waals surface area contributed by atoms with E-state index >= 15 is 0 Å². The Bertz CT molecular complexity index is 1840. The van der Waals surface area contributed by atoms with E-state index in [1.54, 1.807) is 0 Å². The molecule has 3 unspecified atom stereocenters. The summed E-state index contributed by atoms with van der Waals surface area (Å²) in [5.74, 6) is 0.132. The van der Waals surface area contributed by atoms with Crippen LogP contribution in [0.15, 0.2) is 29.8 Å². The largest absolute Gasteiger partial charge is 0.484 e. The number of carbonyl (C=O) groups is 1. The third kappa shape index (κ3) is 4.82. The summed E-state index contributed by atoms with van der Waals surface area (Å²) in [7, 11) is -4.13. The molecule has 0 aliphatic carbocycles. The maximum absolute atomic E-state index is 12.5. The highest BCUT2D eigenvalue weighted by atomic mass is 32.2. The van der Waals surface area contributed by atoms with Gasteiger partial charge in [-0.15, -0.1) is 0 Å². The molecule has 0 saturated heterocycles. The fourth-order valence-electron chi connectivity index (χ4n) is 8.58. The quantitative estimate of drug-likeness (QED) is 0.274. The highest BCUT2D eigenvalue weighted by Gasteiger charge is 2.56. The second kappa shape index (κ2) is 10.4. The summed E-state index contributed by atoms with van der Waals surface area (Å²) in [4.78, 5) is 15.0. The van der Waals surface area contributed by atoms with Crippen LogP contribution >= 0.6 is 0 Å². The highest BCUT2D eigenvalue weighted by molar-refractivity contribution is 7.86. The van der Waals surface area contributed by atoms with Gasteiger partial charge in [0, 0.05) is 61.0 Å². The Labute approximate surface area is 272 Å². The topological polar surface area (TPSA) is 119 Å². The molecular weight excluding hydrogens is 602 g/mol. The smallest absolute Gasteiger partial charge is 0.304 e. The number of rotatable bonds is 7. The molecule has 0 amide bonds. The van der Waals surface area contributed by atoms with Gasteiger partial charge in [0.15, 0.2) is 12.3 Å². The number of carboxylic acid groups (broad SMARTS) is 1. The zero-order chi connectivity index (χ0) is 33.0. The molecule has 0 radical (unpaired) electrons. The Morgan fingerprint density at radius 2 is 1.83 bits per heavy atom. The van der Waals surface area contributed by atoms with Crippen LogP contribution in [0.2, 0.25) is 0 Å². The van der Waals surface area contributed by atoms with Gasteiger partial charge in [-0.2, -0.15) is 13.0 Å². The maximum atomic E-state index is 12.5. The zero-order valence-electron chi connectivity index (χ0n) is 27.7. The van der Waals surface area contributed by atoms with Crippen molar-refractivity contribution < 1.29 is 32.2 Å². The predicted molar refractivity (Wildman–Crippen MR) is 180 cm³/mol. The first-order valence-electron chi connectivity index (χ1n) is 16.5. The lowest BCUT2D eigenvalue weighted by molar-refractivity contribution is -0.444. The number of carboxylic acids is 1. The first kappa shape index (κ1) is 31.4. The Balaban J connectivity index is 1.33. The van der Waals surface area contributed by atoms with Crippen LogP contribution in [0, 0.1) is 0 Å². The number of hydrogen-bond acceptors (Lipinski definition) is 6. The summed E-state index contributed by atoms with van der Waals surface area (Å²) >= 11 is 0. The van der Waals surface area contributed by atoms with Crippen LogP contribution in [0.3, 0.4) is 0 Å². The van der Waals surface area contributed by atoms with Crippen molar-refractivity contribution in [1.29, 1.82) is 0 Å². The molecule has 3 atom stereocenters. The molecule has 5 aliphatic rings.